The van der Waals surface area contributed by atoms with Crippen LogP contribution < -0.4 is 0 Å². The van der Waals surface area contributed by atoms with E-state index in [4.69, 9.17) is 21.9 Å². The first-order valence-electron chi connectivity index (χ1n) is 3.52. The van der Waals surface area contributed by atoms with Crippen molar-refractivity contribution < 1.29 is 4.42 Å². The fourth-order valence-corrected chi connectivity index (χ4v) is 2.30. The lowest BCUT2D eigenvalue weighted by atomic mass is 10.5. The van der Waals surface area contributed by atoms with Crippen molar-refractivity contribution in [1.29, 1.82) is 5.26 Å². The van der Waals surface area contributed by atoms with E-state index in [-0.39, 0.29) is 0 Å². The second-order valence-electron chi connectivity index (χ2n) is 2.06. The summed E-state index contributed by atoms with van der Waals surface area (Å²) in [6.45, 7) is 0. The summed E-state index contributed by atoms with van der Waals surface area (Å²) in [5.74, 6) is 2.07. The molecule has 0 aliphatic heterocycles. The lowest BCUT2D eigenvalue weighted by Crippen LogP contribution is -1.83. The summed E-state index contributed by atoms with van der Waals surface area (Å²) in [7, 11) is 0. The van der Waals surface area contributed by atoms with Crippen molar-refractivity contribution in [2.24, 2.45) is 0 Å². The predicted octanol–water partition coefficient (Wildman–Crippen LogP) is 3.05. The molecule has 0 aliphatic carbocycles. The Kier molecular flexibility index (Phi) is 4.98. The summed E-state index contributed by atoms with van der Waals surface area (Å²) in [6, 6.07) is 5.79. The highest BCUT2D eigenvalue weighted by atomic mass is 32.2. The second kappa shape index (κ2) is 6.08. The van der Waals surface area contributed by atoms with E-state index in [1.165, 1.54) is 23.5 Å². The number of nitriles is 1. The predicted molar refractivity (Wildman–Crippen MR) is 60.7 cm³/mol. The zero-order chi connectivity index (χ0) is 9.52. The molecule has 0 aliphatic rings. The Morgan fingerprint density at radius 2 is 2.46 bits per heavy atom. The first-order valence-corrected chi connectivity index (χ1v) is 5.90. The van der Waals surface area contributed by atoms with Crippen LogP contribution in [0.25, 0.3) is 0 Å². The molecular formula is C8H7NOS3. The Morgan fingerprint density at radius 1 is 1.62 bits per heavy atom. The molecule has 0 saturated heterocycles. The highest BCUT2D eigenvalue weighted by molar-refractivity contribution is 8.47. The molecule has 0 atom stereocenters. The van der Waals surface area contributed by atoms with Gasteiger partial charge in [-0.2, -0.15) is 5.26 Å². The third-order valence-electron chi connectivity index (χ3n) is 1.17. The van der Waals surface area contributed by atoms with Crippen molar-refractivity contribution in [3.8, 4) is 6.07 Å². The summed E-state index contributed by atoms with van der Waals surface area (Å²) >= 11 is 7.94. The number of hydrogen-bond donors (Lipinski definition) is 0. The molecule has 1 aromatic rings. The molecule has 1 aromatic heterocycles. The van der Waals surface area contributed by atoms with Crippen molar-refractivity contribution >= 4 is 39.3 Å². The lowest BCUT2D eigenvalue weighted by molar-refractivity contribution is 0.530. The number of thioether (sulfide) groups is 2. The zero-order valence-corrected chi connectivity index (χ0v) is 9.18. The molecule has 0 bridgehead atoms. The second-order valence-corrected chi connectivity index (χ2v) is 5.22. The van der Waals surface area contributed by atoms with Gasteiger partial charge in [-0.25, -0.2) is 0 Å². The van der Waals surface area contributed by atoms with Gasteiger partial charge in [0.1, 0.15) is 9.29 Å². The molecule has 0 saturated carbocycles. The van der Waals surface area contributed by atoms with Crippen LogP contribution in [0.1, 0.15) is 5.76 Å². The molecule has 5 heteroatoms. The standard InChI is InChI=1S/C8H7NOS3/c9-3-5-12-8(11)13-6-7-2-1-4-10-7/h1-2,4H,5-6H2. The number of nitrogens with zero attached hydrogens (tertiary/aromatic N) is 1. The van der Waals surface area contributed by atoms with Crippen LogP contribution in [0.2, 0.25) is 0 Å². The molecule has 0 aromatic carbocycles. The number of thiocarbonyl (C=S) groups is 1. The van der Waals surface area contributed by atoms with Gasteiger partial charge < -0.3 is 4.42 Å². The SMILES string of the molecule is N#CCSC(=S)SCc1ccco1. The van der Waals surface area contributed by atoms with Crippen LogP contribution in [0.5, 0.6) is 0 Å². The van der Waals surface area contributed by atoms with Gasteiger partial charge >= 0.3 is 0 Å². The highest BCUT2D eigenvalue weighted by Gasteiger charge is 2.00. The number of furan rings is 1. The Labute approximate surface area is 90.7 Å². The molecule has 0 fully saturated rings. The first kappa shape index (κ1) is 10.6. The topological polar surface area (TPSA) is 36.9 Å². The van der Waals surface area contributed by atoms with Crippen LogP contribution in [0.15, 0.2) is 22.8 Å². The average molecular weight is 229 g/mol. The van der Waals surface area contributed by atoms with Gasteiger partial charge in [0, 0.05) is 0 Å². The lowest BCUT2D eigenvalue weighted by Gasteiger charge is -1.97. The maximum absolute atomic E-state index is 8.31. The van der Waals surface area contributed by atoms with Crippen molar-refractivity contribution in [3.63, 3.8) is 0 Å². The van der Waals surface area contributed by atoms with Gasteiger partial charge in [-0.3, -0.25) is 0 Å². The molecule has 1 heterocycles. The zero-order valence-electron chi connectivity index (χ0n) is 6.73. The first-order chi connectivity index (χ1) is 6.33. The summed E-state index contributed by atoms with van der Waals surface area (Å²) in [4.78, 5) is 0. The summed E-state index contributed by atoms with van der Waals surface area (Å²) in [6.07, 6.45) is 1.64. The molecule has 0 spiro atoms. The van der Waals surface area contributed by atoms with Crippen LogP contribution in [-0.4, -0.2) is 9.28 Å². The number of hydrogen-bond acceptors (Lipinski definition) is 5. The average Bonchev–Trinajstić information content (AvgIpc) is 2.64. The van der Waals surface area contributed by atoms with Crippen LogP contribution in [0, 0.1) is 11.3 Å². The fourth-order valence-electron chi connectivity index (χ4n) is 0.658. The summed E-state index contributed by atoms with van der Waals surface area (Å²) in [5, 5.41) is 8.31. The Balaban J connectivity index is 2.20. The van der Waals surface area contributed by atoms with E-state index in [2.05, 4.69) is 0 Å². The maximum Gasteiger partial charge on any atom is 0.114 e. The molecule has 1 rings (SSSR count). The van der Waals surface area contributed by atoms with Gasteiger partial charge in [0.05, 0.1) is 23.8 Å². The molecule has 0 N–H and O–H groups in total. The quantitative estimate of drug-likeness (QED) is 0.745. The summed E-state index contributed by atoms with van der Waals surface area (Å²) < 4.78 is 5.92. The van der Waals surface area contributed by atoms with Gasteiger partial charge in [-0.05, 0) is 12.1 Å². The van der Waals surface area contributed by atoms with Crippen LogP contribution >= 0.6 is 35.7 Å². The van der Waals surface area contributed by atoms with E-state index in [1.807, 2.05) is 18.2 Å². The van der Waals surface area contributed by atoms with Crippen LogP contribution in [-0.2, 0) is 5.75 Å². The molecule has 0 amide bonds. The fraction of sp³-hybridized carbons (Fsp3) is 0.250. The Morgan fingerprint density at radius 3 is 3.08 bits per heavy atom. The Bertz CT molecular complexity index is 302. The normalized spacial score (nSPS) is 9.46. The molecule has 68 valence electrons. The monoisotopic (exact) mass is 229 g/mol. The van der Waals surface area contributed by atoms with Gasteiger partial charge in [0.25, 0.3) is 0 Å². The van der Waals surface area contributed by atoms with E-state index in [0.29, 0.717) is 5.75 Å². The molecular weight excluding hydrogens is 222 g/mol. The minimum Gasteiger partial charge on any atom is -0.468 e. The van der Waals surface area contributed by atoms with Gasteiger partial charge in [0.2, 0.25) is 0 Å². The molecule has 13 heavy (non-hydrogen) atoms. The van der Waals surface area contributed by atoms with Crippen molar-refractivity contribution in [2.75, 3.05) is 5.75 Å². The van der Waals surface area contributed by atoms with Crippen molar-refractivity contribution in [2.45, 2.75) is 5.75 Å². The van der Waals surface area contributed by atoms with Gasteiger partial charge in [-0.1, -0.05) is 35.7 Å². The van der Waals surface area contributed by atoms with E-state index in [1.54, 1.807) is 6.26 Å². The smallest absolute Gasteiger partial charge is 0.114 e. The largest absolute Gasteiger partial charge is 0.468 e. The van der Waals surface area contributed by atoms with Crippen LogP contribution in [0.3, 0.4) is 0 Å². The third kappa shape index (κ3) is 4.36. The molecule has 2 nitrogen and oxygen atoms in total. The van der Waals surface area contributed by atoms with Crippen molar-refractivity contribution in [1.82, 2.24) is 0 Å². The third-order valence-corrected chi connectivity index (χ3v) is 3.75. The molecule has 0 unspecified atom stereocenters. The van der Waals surface area contributed by atoms with E-state index >= 15 is 0 Å². The van der Waals surface area contributed by atoms with E-state index in [0.717, 1.165) is 15.0 Å². The molecule has 0 radical (unpaired) electrons. The van der Waals surface area contributed by atoms with E-state index in [9.17, 15) is 0 Å². The van der Waals surface area contributed by atoms with Crippen molar-refractivity contribution in [3.05, 3.63) is 24.2 Å². The number of rotatable bonds is 3. The Hall–Kier alpha value is -0.440. The van der Waals surface area contributed by atoms with E-state index < -0.39 is 0 Å². The maximum atomic E-state index is 8.31. The van der Waals surface area contributed by atoms with Gasteiger partial charge in [-0.15, -0.1) is 0 Å². The highest BCUT2D eigenvalue weighted by Crippen LogP contribution is 2.21. The minimum atomic E-state index is 0.421. The summed E-state index contributed by atoms with van der Waals surface area (Å²) in [5.41, 5.74) is 0. The van der Waals surface area contributed by atoms with Crippen LogP contribution in [0.4, 0.5) is 0 Å². The minimum absolute atomic E-state index is 0.421. The van der Waals surface area contributed by atoms with Gasteiger partial charge in [0.15, 0.2) is 0 Å².